The summed E-state index contributed by atoms with van der Waals surface area (Å²) in [6.45, 7) is -0.0101. The van der Waals surface area contributed by atoms with Crippen molar-refractivity contribution in [2.45, 2.75) is 31.8 Å². The zero-order valence-electron chi connectivity index (χ0n) is 10.4. The summed E-state index contributed by atoms with van der Waals surface area (Å²) in [7, 11) is 0. The number of carbonyl (C=O) groups excluding carboxylic acids is 1. The number of carboxylic acid groups (broad SMARTS) is 2. The van der Waals surface area contributed by atoms with E-state index < -0.39 is 24.0 Å². The molecule has 1 atom stereocenters. The summed E-state index contributed by atoms with van der Waals surface area (Å²) >= 11 is 0. The largest absolute Gasteiger partial charge is 0.481 e. The van der Waals surface area contributed by atoms with Crippen LogP contribution in [0.15, 0.2) is 10.9 Å². The van der Waals surface area contributed by atoms with Gasteiger partial charge in [0.15, 0.2) is 5.82 Å². The molecule has 1 heterocycles. The van der Waals surface area contributed by atoms with Crippen LogP contribution in [0.3, 0.4) is 0 Å². The number of carbonyl (C=O) groups is 3. The van der Waals surface area contributed by atoms with Gasteiger partial charge in [-0.15, -0.1) is 0 Å². The molecule has 0 fully saturated rings. The molecule has 10 heteroatoms. The second-order valence-corrected chi connectivity index (χ2v) is 3.85. The number of nitrogens with zero attached hydrogens (tertiary/aromatic N) is 2. The van der Waals surface area contributed by atoms with Gasteiger partial charge in [-0.25, -0.2) is 9.59 Å². The van der Waals surface area contributed by atoms with Crippen molar-refractivity contribution in [1.29, 1.82) is 0 Å². The van der Waals surface area contributed by atoms with Crippen molar-refractivity contribution in [3.8, 4) is 0 Å². The molecule has 10 nitrogen and oxygen atoms in total. The summed E-state index contributed by atoms with van der Waals surface area (Å²) in [5.41, 5.74) is 0. The minimum atomic E-state index is -1.23. The van der Waals surface area contributed by atoms with E-state index in [1.54, 1.807) is 0 Å². The van der Waals surface area contributed by atoms with Crippen molar-refractivity contribution in [3.63, 3.8) is 0 Å². The van der Waals surface area contributed by atoms with E-state index in [4.69, 9.17) is 10.2 Å². The quantitative estimate of drug-likeness (QED) is 0.502. The van der Waals surface area contributed by atoms with Crippen molar-refractivity contribution in [3.05, 3.63) is 12.2 Å². The SMILES string of the molecule is O=C(O)CCC[C@@H](NC(=O)NCc1ncon1)C(=O)O. The molecule has 0 radical (unpaired) electrons. The third-order valence-electron chi connectivity index (χ3n) is 2.30. The Kier molecular flexibility index (Phi) is 5.94. The van der Waals surface area contributed by atoms with E-state index in [0.717, 1.165) is 6.39 Å². The normalized spacial score (nSPS) is 11.6. The standard InChI is InChI=1S/C10H14N4O6/c15-8(16)3-1-2-6(9(17)18)13-10(19)11-4-7-12-5-20-14-7/h5-6H,1-4H2,(H,15,16)(H,17,18)(H2,11,13,19)/t6-/m1/s1. The lowest BCUT2D eigenvalue weighted by Crippen LogP contribution is -2.45. The second-order valence-electron chi connectivity index (χ2n) is 3.85. The lowest BCUT2D eigenvalue weighted by Gasteiger charge is -2.14. The van der Waals surface area contributed by atoms with Crippen LogP contribution in [0.2, 0.25) is 0 Å². The minimum absolute atomic E-state index is 0.0101. The fourth-order valence-corrected chi connectivity index (χ4v) is 1.35. The molecule has 0 aromatic carbocycles. The molecule has 0 spiro atoms. The smallest absolute Gasteiger partial charge is 0.326 e. The fourth-order valence-electron chi connectivity index (χ4n) is 1.35. The van der Waals surface area contributed by atoms with Crippen molar-refractivity contribution >= 4 is 18.0 Å². The van der Waals surface area contributed by atoms with E-state index in [2.05, 4.69) is 25.3 Å². The lowest BCUT2D eigenvalue weighted by atomic mass is 10.1. The van der Waals surface area contributed by atoms with Crippen LogP contribution >= 0.6 is 0 Å². The molecule has 4 N–H and O–H groups in total. The number of rotatable bonds is 8. The van der Waals surface area contributed by atoms with Crippen molar-refractivity contribution in [2.24, 2.45) is 0 Å². The Bertz CT molecular complexity index is 460. The average molecular weight is 286 g/mol. The maximum atomic E-state index is 11.5. The molecule has 20 heavy (non-hydrogen) atoms. The van der Waals surface area contributed by atoms with Crippen LogP contribution in [0, 0.1) is 0 Å². The Morgan fingerprint density at radius 3 is 2.65 bits per heavy atom. The van der Waals surface area contributed by atoms with Gasteiger partial charge in [0.25, 0.3) is 0 Å². The van der Waals surface area contributed by atoms with Crippen molar-refractivity contribution in [2.75, 3.05) is 0 Å². The number of aromatic nitrogens is 2. The minimum Gasteiger partial charge on any atom is -0.481 e. The van der Waals surface area contributed by atoms with Crippen LogP contribution in [-0.2, 0) is 16.1 Å². The molecule has 1 rings (SSSR count). The van der Waals surface area contributed by atoms with Gasteiger partial charge in [-0.1, -0.05) is 5.16 Å². The first-order valence-electron chi connectivity index (χ1n) is 5.73. The molecule has 0 aliphatic carbocycles. The Morgan fingerprint density at radius 1 is 1.35 bits per heavy atom. The van der Waals surface area contributed by atoms with Gasteiger partial charge in [-0.2, -0.15) is 4.98 Å². The summed E-state index contributed by atoms with van der Waals surface area (Å²) in [6.07, 6.45) is 1.12. The maximum Gasteiger partial charge on any atom is 0.326 e. The number of amides is 2. The van der Waals surface area contributed by atoms with E-state index in [1.807, 2.05) is 0 Å². The first-order chi connectivity index (χ1) is 9.49. The van der Waals surface area contributed by atoms with E-state index >= 15 is 0 Å². The van der Waals surface area contributed by atoms with E-state index in [0.29, 0.717) is 0 Å². The second kappa shape index (κ2) is 7.71. The maximum absolute atomic E-state index is 11.5. The van der Waals surface area contributed by atoms with Crippen LogP contribution in [0.25, 0.3) is 0 Å². The van der Waals surface area contributed by atoms with E-state index in [1.165, 1.54) is 0 Å². The molecular weight excluding hydrogens is 272 g/mol. The average Bonchev–Trinajstić information content (AvgIpc) is 2.87. The first-order valence-corrected chi connectivity index (χ1v) is 5.73. The molecule has 0 saturated carbocycles. The topological polar surface area (TPSA) is 155 Å². The number of urea groups is 1. The van der Waals surface area contributed by atoms with E-state index in [-0.39, 0.29) is 31.6 Å². The highest BCUT2D eigenvalue weighted by atomic mass is 16.5. The van der Waals surface area contributed by atoms with Gasteiger partial charge in [0, 0.05) is 6.42 Å². The monoisotopic (exact) mass is 286 g/mol. The highest BCUT2D eigenvalue weighted by Crippen LogP contribution is 2.01. The van der Waals surface area contributed by atoms with Crippen LogP contribution < -0.4 is 10.6 Å². The van der Waals surface area contributed by atoms with Gasteiger partial charge in [-0.3, -0.25) is 4.79 Å². The highest BCUT2D eigenvalue weighted by Gasteiger charge is 2.19. The molecule has 0 aliphatic heterocycles. The van der Waals surface area contributed by atoms with Gasteiger partial charge in [0.1, 0.15) is 6.04 Å². The van der Waals surface area contributed by atoms with Crippen molar-refractivity contribution < 1.29 is 29.1 Å². The summed E-state index contributed by atoms with van der Waals surface area (Å²) in [5.74, 6) is -2.00. The molecule has 0 saturated heterocycles. The van der Waals surface area contributed by atoms with Gasteiger partial charge < -0.3 is 25.4 Å². The fraction of sp³-hybridized carbons (Fsp3) is 0.500. The number of carboxylic acids is 2. The van der Waals surface area contributed by atoms with Crippen LogP contribution in [0.1, 0.15) is 25.1 Å². The molecule has 0 bridgehead atoms. The summed E-state index contributed by atoms with van der Waals surface area (Å²) in [5, 5.41) is 25.4. The molecule has 0 aliphatic rings. The molecule has 0 unspecified atom stereocenters. The highest BCUT2D eigenvalue weighted by molar-refractivity contribution is 5.82. The van der Waals surface area contributed by atoms with Crippen LogP contribution in [0.4, 0.5) is 4.79 Å². The van der Waals surface area contributed by atoms with Crippen molar-refractivity contribution in [1.82, 2.24) is 20.8 Å². The summed E-state index contributed by atoms with van der Waals surface area (Å²) < 4.78 is 4.46. The molecule has 1 aromatic heterocycles. The van der Waals surface area contributed by atoms with Gasteiger partial charge >= 0.3 is 18.0 Å². The van der Waals surface area contributed by atoms with Crippen LogP contribution in [0.5, 0.6) is 0 Å². The van der Waals surface area contributed by atoms with Gasteiger partial charge in [-0.05, 0) is 12.8 Å². The Labute approximate surface area is 113 Å². The lowest BCUT2D eigenvalue weighted by molar-refractivity contribution is -0.140. The van der Waals surface area contributed by atoms with Crippen LogP contribution in [-0.4, -0.2) is 44.4 Å². The first kappa shape index (κ1) is 15.4. The number of hydrogen-bond donors (Lipinski definition) is 4. The van der Waals surface area contributed by atoms with Gasteiger partial charge in [0.05, 0.1) is 6.54 Å². The molecule has 1 aromatic rings. The van der Waals surface area contributed by atoms with E-state index in [9.17, 15) is 14.4 Å². The number of aliphatic carboxylic acids is 2. The number of hydrogen-bond acceptors (Lipinski definition) is 6. The summed E-state index contributed by atoms with van der Waals surface area (Å²) in [4.78, 5) is 36.4. The Morgan fingerprint density at radius 2 is 2.10 bits per heavy atom. The Balaban J connectivity index is 2.34. The third kappa shape index (κ3) is 5.80. The van der Waals surface area contributed by atoms with Gasteiger partial charge in [0.2, 0.25) is 6.39 Å². The molecular formula is C10H14N4O6. The third-order valence-corrected chi connectivity index (χ3v) is 2.30. The zero-order valence-corrected chi connectivity index (χ0v) is 10.4. The predicted molar refractivity (Wildman–Crippen MR) is 62.6 cm³/mol. The predicted octanol–water partition coefficient (Wildman–Crippen LogP) is -0.423. The Hall–Kier alpha value is -2.65. The zero-order chi connectivity index (χ0) is 15.0. The summed E-state index contributed by atoms with van der Waals surface area (Å²) in [6, 6.07) is -1.86. The number of nitrogens with one attached hydrogen (secondary N) is 2. The molecule has 2 amide bonds. The molecule has 110 valence electrons.